The Hall–Kier alpha value is -3.02. The van der Waals surface area contributed by atoms with Crippen LogP contribution in [0, 0.1) is 17.8 Å². The molecule has 2 aromatic carbocycles. The molecule has 1 heterocycles. The second-order valence-corrected chi connectivity index (χ2v) is 9.75. The maximum absolute atomic E-state index is 6.14. The van der Waals surface area contributed by atoms with Gasteiger partial charge in [-0.1, -0.05) is 64.1 Å². The van der Waals surface area contributed by atoms with E-state index < -0.39 is 0 Å². The third-order valence-corrected chi connectivity index (χ3v) is 6.57. The molecular weight excluding hydrogens is 440 g/mol. The molecule has 0 N–H and O–H groups in total. The Balaban J connectivity index is 1.77. The molecule has 0 spiro atoms. The fraction of sp³-hybridized carbons (Fsp3) is 0.517. The quantitative estimate of drug-likeness (QED) is 0.420. The lowest BCUT2D eigenvalue weighted by Gasteiger charge is -2.30. The van der Waals surface area contributed by atoms with Crippen LogP contribution in [0.4, 0.5) is 0 Å². The first-order chi connectivity index (χ1) is 16.9. The molecule has 0 fully saturated rings. The average molecular weight is 481 g/mol. The zero-order chi connectivity index (χ0) is 25.4. The molecular formula is C29H40N2O4. The number of hydrogen-bond acceptors (Lipinski definition) is 6. The molecule has 0 saturated carbocycles. The molecule has 0 radical (unpaired) electrons. The van der Waals surface area contributed by atoms with E-state index in [-0.39, 0.29) is 18.0 Å². The Morgan fingerprint density at radius 1 is 0.771 bits per heavy atom. The van der Waals surface area contributed by atoms with E-state index in [2.05, 4.69) is 52.0 Å². The van der Waals surface area contributed by atoms with E-state index in [0.29, 0.717) is 30.2 Å². The highest BCUT2D eigenvalue weighted by Gasteiger charge is 2.33. The third-order valence-electron chi connectivity index (χ3n) is 6.57. The predicted octanol–water partition coefficient (Wildman–Crippen LogP) is 5.98. The number of rotatable bonds is 10. The lowest BCUT2D eigenvalue weighted by molar-refractivity contribution is 0.282. The van der Waals surface area contributed by atoms with Crippen molar-refractivity contribution < 1.29 is 18.9 Å². The van der Waals surface area contributed by atoms with E-state index in [1.54, 1.807) is 21.3 Å². The minimum Gasteiger partial charge on any atom is -0.493 e. The normalized spacial score (nSPS) is 18.7. The zero-order valence-electron chi connectivity index (χ0n) is 22.2. The summed E-state index contributed by atoms with van der Waals surface area (Å²) in [6.07, 6.45) is 1.72. The van der Waals surface area contributed by atoms with Crippen LogP contribution in [0.2, 0.25) is 0 Å². The SMILES string of the molecule is COC1=N[C@H](C(C)C)C(OC)=N[C@H]1C[C@H](Cc1ccc(OC)c(OCc2ccccc2)c1)C(C)C. The smallest absolute Gasteiger partial charge is 0.209 e. The molecule has 3 rings (SSSR count). The topological polar surface area (TPSA) is 61.6 Å². The van der Waals surface area contributed by atoms with Crippen molar-refractivity contribution in [3.8, 4) is 11.5 Å². The van der Waals surface area contributed by atoms with Gasteiger partial charge in [-0.05, 0) is 53.9 Å². The van der Waals surface area contributed by atoms with Gasteiger partial charge in [0.1, 0.15) is 18.7 Å². The van der Waals surface area contributed by atoms with Crippen LogP contribution in [0.25, 0.3) is 0 Å². The number of ether oxygens (including phenoxy) is 4. The van der Waals surface area contributed by atoms with E-state index in [1.165, 1.54) is 5.56 Å². The van der Waals surface area contributed by atoms with Crippen molar-refractivity contribution in [1.29, 1.82) is 0 Å². The summed E-state index contributed by atoms with van der Waals surface area (Å²) in [5.41, 5.74) is 2.32. The van der Waals surface area contributed by atoms with Gasteiger partial charge < -0.3 is 18.9 Å². The summed E-state index contributed by atoms with van der Waals surface area (Å²) < 4.78 is 23.0. The molecule has 0 unspecified atom stereocenters. The van der Waals surface area contributed by atoms with Gasteiger partial charge >= 0.3 is 0 Å². The van der Waals surface area contributed by atoms with E-state index in [4.69, 9.17) is 28.9 Å². The van der Waals surface area contributed by atoms with E-state index in [9.17, 15) is 0 Å². The average Bonchev–Trinajstić information content (AvgIpc) is 2.87. The molecule has 2 aromatic rings. The Bertz CT molecular complexity index is 1000. The molecule has 0 aromatic heterocycles. The van der Waals surface area contributed by atoms with Crippen molar-refractivity contribution in [1.82, 2.24) is 0 Å². The number of benzene rings is 2. The number of aliphatic imine (C=N–C) groups is 2. The van der Waals surface area contributed by atoms with Gasteiger partial charge in [-0.2, -0.15) is 0 Å². The monoisotopic (exact) mass is 480 g/mol. The van der Waals surface area contributed by atoms with Gasteiger partial charge in [-0.25, -0.2) is 9.98 Å². The Morgan fingerprint density at radius 3 is 2.09 bits per heavy atom. The van der Waals surface area contributed by atoms with Crippen LogP contribution in [0.15, 0.2) is 58.5 Å². The summed E-state index contributed by atoms with van der Waals surface area (Å²) in [5, 5.41) is 0. The molecule has 0 bridgehead atoms. The summed E-state index contributed by atoms with van der Waals surface area (Å²) in [7, 11) is 5.03. The van der Waals surface area contributed by atoms with Crippen molar-refractivity contribution in [2.24, 2.45) is 27.7 Å². The summed E-state index contributed by atoms with van der Waals surface area (Å²) in [6, 6.07) is 16.1. The van der Waals surface area contributed by atoms with Crippen LogP contribution >= 0.6 is 0 Å². The van der Waals surface area contributed by atoms with Crippen LogP contribution in [-0.2, 0) is 22.5 Å². The molecule has 190 valence electrons. The van der Waals surface area contributed by atoms with Gasteiger partial charge in [0.15, 0.2) is 11.5 Å². The van der Waals surface area contributed by atoms with E-state index in [0.717, 1.165) is 29.9 Å². The molecule has 6 heteroatoms. The van der Waals surface area contributed by atoms with Crippen molar-refractivity contribution in [3.63, 3.8) is 0 Å². The Labute approximate surface area is 210 Å². The highest BCUT2D eigenvalue weighted by atomic mass is 16.5. The van der Waals surface area contributed by atoms with E-state index >= 15 is 0 Å². The van der Waals surface area contributed by atoms with Crippen molar-refractivity contribution >= 4 is 11.8 Å². The molecule has 0 amide bonds. The molecule has 0 aliphatic carbocycles. The second-order valence-electron chi connectivity index (χ2n) is 9.75. The summed E-state index contributed by atoms with van der Waals surface area (Å²) in [4.78, 5) is 9.77. The molecule has 1 aliphatic rings. The van der Waals surface area contributed by atoms with Crippen LogP contribution in [0.3, 0.4) is 0 Å². The molecule has 6 nitrogen and oxygen atoms in total. The largest absolute Gasteiger partial charge is 0.493 e. The highest BCUT2D eigenvalue weighted by molar-refractivity contribution is 5.94. The van der Waals surface area contributed by atoms with Gasteiger partial charge in [0.25, 0.3) is 0 Å². The lowest BCUT2D eigenvalue weighted by atomic mass is 9.83. The van der Waals surface area contributed by atoms with Gasteiger partial charge in [0.2, 0.25) is 11.8 Å². The first-order valence-electron chi connectivity index (χ1n) is 12.4. The van der Waals surface area contributed by atoms with Crippen LogP contribution in [-0.4, -0.2) is 45.2 Å². The van der Waals surface area contributed by atoms with Gasteiger partial charge in [0.05, 0.1) is 21.3 Å². The Morgan fingerprint density at radius 2 is 1.49 bits per heavy atom. The maximum atomic E-state index is 6.14. The Kier molecular flexibility index (Phi) is 9.58. The standard InChI is InChI=1S/C29H40N2O4/c1-19(2)23(17-24-28(33-6)31-27(20(3)4)29(30-24)34-7)15-22-13-14-25(32-5)26(16-22)35-18-21-11-9-8-10-12-21/h8-14,16,19-20,23-24,27H,15,17-18H2,1-7H3/t23-,24-,27+/m0/s1. The van der Waals surface area contributed by atoms with Crippen molar-refractivity contribution in [3.05, 3.63) is 59.7 Å². The maximum Gasteiger partial charge on any atom is 0.209 e. The van der Waals surface area contributed by atoms with Crippen molar-refractivity contribution in [2.75, 3.05) is 21.3 Å². The van der Waals surface area contributed by atoms with Gasteiger partial charge in [-0.15, -0.1) is 0 Å². The second kappa shape index (κ2) is 12.6. The molecule has 3 atom stereocenters. The first kappa shape index (κ1) is 26.6. The van der Waals surface area contributed by atoms with Crippen LogP contribution < -0.4 is 9.47 Å². The minimum absolute atomic E-state index is 0.102. The van der Waals surface area contributed by atoms with Gasteiger partial charge in [-0.3, -0.25) is 0 Å². The van der Waals surface area contributed by atoms with Crippen molar-refractivity contribution in [2.45, 2.75) is 59.2 Å². The van der Waals surface area contributed by atoms with E-state index in [1.807, 2.05) is 24.3 Å². The third kappa shape index (κ3) is 7.00. The molecule has 1 aliphatic heterocycles. The predicted molar refractivity (Wildman–Crippen MR) is 142 cm³/mol. The van der Waals surface area contributed by atoms with Crippen LogP contribution in [0.5, 0.6) is 11.5 Å². The minimum atomic E-state index is -0.149. The fourth-order valence-electron chi connectivity index (χ4n) is 4.39. The van der Waals surface area contributed by atoms with Gasteiger partial charge in [0, 0.05) is 0 Å². The summed E-state index contributed by atoms with van der Waals surface area (Å²) in [6.45, 7) is 9.24. The molecule has 35 heavy (non-hydrogen) atoms. The van der Waals surface area contributed by atoms with Crippen LogP contribution in [0.1, 0.15) is 45.2 Å². The summed E-state index contributed by atoms with van der Waals surface area (Å²) >= 11 is 0. The zero-order valence-corrected chi connectivity index (χ0v) is 22.2. The first-order valence-corrected chi connectivity index (χ1v) is 12.4. The summed E-state index contributed by atoms with van der Waals surface area (Å²) in [5.74, 6) is 3.98. The number of nitrogens with zero attached hydrogens (tertiary/aromatic N) is 2. The molecule has 0 saturated heterocycles. The lowest BCUT2D eigenvalue weighted by Crippen LogP contribution is -2.38. The number of hydrogen-bond donors (Lipinski definition) is 0. The number of methoxy groups -OCH3 is 3. The highest BCUT2D eigenvalue weighted by Crippen LogP contribution is 2.32. The fourth-order valence-corrected chi connectivity index (χ4v) is 4.39.